The summed E-state index contributed by atoms with van der Waals surface area (Å²) in [5.74, 6) is -0.466. The van der Waals surface area contributed by atoms with Crippen LogP contribution in [0.5, 0.6) is 0 Å². The van der Waals surface area contributed by atoms with Gasteiger partial charge in [0.2, 0.25) is 0 Å². The number of allylic oxidation sites excluding steroid dienone is 1. The molecule has 6 nitrogen and oxygen atoms in total. The summed E-state index contributed by atoms with van der Waals surface area (Å²) in [4.78, 5) is 24.4. The lowest BCUT2D eigenvalue weighted by Crippen LogP contribution is -2.45. The highest BCUT2D eigenvalue weighted by Gasteiger charge is 2.32. The van der Waals surface area contributed by atoms with Crippen LogP contribution in [0, 0.1) is 0 Å². The molecule has 1 aliphatic rings. The van der Waals surface area contributed by atoms with Crippen LogP contribution in [0.1, 0.15) is 44.9 Å². The van der Waals surface area contributed by atoms with Gasteiger partial charge in [-0.2, -0.15) is 0 Å². The lowest BCUT2D eigenvalue weighted by atomic mass is 9.85. The Morgan fingerprint density at radius 1 is 1.16 bits per heavy atom. The number of urea groups is 1. The number of methoxy groups -OCH3 is 1. The van der Waals surface area contributed by atoms with E-state index in [0.29, 0.717) is 17.9 Å². The van der Waals surface area contributed by atoms with Crippen molar-refractivity contribution >= 4 is 12.0 Å². The summed E-state index contributed by atoms with van der Waals surface area (Å²) >= 11 is 0. The Morgan fingerprint density at radius 2 is 1.80 bits per heavy atom. The van der Waals surface area contributed by atoms with Crippen molar-refractivity contribution in [3.63, 3.8) is 0 Å². The van der Waals surface area contributed by atoms with Gasteiger partial charge >= 0.3 is 12.0 Å². The number of hydrogen-bond acceptors (Lipinski definition) is 4. The van der Waals surface area contributed by atoms with Crippen molar-refractivity contribution in [2.24, 2.45) is 0 Å². The largest absolute Gasteiger partial charge is 0.460 e. The van der Waals surface area contributed by atoms with E-state index in [1.807, 2.05) is 24.3 Å². The molecule has 0 saturated heterocycles. The van der Waals surface area contributed by atoms with Crippen LogP contribution >= 0.6 is 0 Å². The Labute approximate surface area is 148 Å². The summed E-state index contributed by atoms with van der Waals surface area (Å²) in [6, 6.07) is 7.03. The second kappa shape index (κ2) is 7.70. The van der Waals surface area contributed by atoms with Gasteiger partial charge in [0.25, 0.3) is 0 Å². The third kappa shape index (κ3) is 4.60. The summed E-state index contributed by atoms with van der Waals surface area (Å²) in [7, 11) is 1.54. The van der Waals surface area contributed by atoms with Crippen LogP contribution in [-0.4, -0.2) is 32.3 Å². The Kier molecular flexibility index (Phi) is 5.85. The van der Waals surface area contributed by atoms with Gasteiger partial charge in [-0.25, -0.2) is 9.59 Å². The third-order valence-electron chi connectivity index (χ3n) is 4.12. The molecule has 1 aromatic rings. The molecule has 2 N–H and O–H groups in total. The van der Waals surface area contributed by atoms with Crippen LogP contribution in [-0.2, 0) is 19.7 Å². The normalized spacial score (nSPS) is 17.8. The average Bonchev–Trinajstić information content (AvgIpc) is 2.53. The standard InChI is InChI=1S/C19H26N2O4/c1-12-15(17(22)25-11-10-24-5)16(21-18(23)20-12)13-6-8-14(9-7-13)19(2,3)4/h6-9,16H,10-11H2,1-5H3,(H2,20,21,23)/t16-/m0/s1. The Hall–Kier alpha value is -2.34. The maximum Gasteiger partial charge on any atom is 0.338 e. The fourth-order valence-corrected chi connectivity index (χ4v) is 2.69. The maximum atomic E-state index is 12.5. The molecule has 1 aromatic carbocycles. The molecule has 1 aliphatic heterocycles. The van der Waals surface area contributed by atoms with E-state index >= 15 is 0 Å². The van der Waals surface area contributed by atoms with Crippen molar-refractivity contribution in [3.8, 4) is 0 Å². The molecule has 0 radical (unpaired) electrons. The first-order chi connectivity index (χ1) is 11.7. The summed E-state index contributed by atoms with van der Waals surface area (Å²) in [5.41, 5.74) is 2.95. The second-order valence-electron chi connectivity index (χ2n) is 7.07. The zero-order chi connectivity index (χ0) is 18.6. The van der Waals surface area contributed by atoms with Gasteiger partial charge in [0, 0.05) is 12.8 Å². The molecule has 0 aromatic heterocycles. The molecule has 25 heavy (non-hydrogen) atoms. The van der Waals surface area contributed by atoms with Gasteiger partial charge in [-0.1, -0.05) is 45.0 Å². The van der Waals surface area contributed by atoms with E-state index in [2.05, 4.69) is 31.4 Å². The van der Waals surface area contributed by atoms with E-state index in [1.165, 1.54) is 5.56 Å². The Bertz CT molecular complexity index is 672. The SMILES string of the molecule is COCCOC(=O)C1=C(C)NC(=O)N[C@H]1c1ccc(C(C)(C)C)cc1. The number of nitrogens with one attached hydrogen (secondary N) is 2. The minimum Gasteiger partial charge on any atom is -0.460 e. The summed E-state index contributed by atoms with van der Waals surface area (Å²) in [6.07, 6.45) is 0. The van der Waals surface area contributed by atoms with E-state index in [0.717, 1.165) is 5.56 Å². The van der Waals surface area contributed by atoms with Crippen LogP contribution in [0.25, 0.3) is 0 Å². The van der Waals surface area contributed by atoms with Crippen molar-refractivity contribution in [2.75, 3.05) is 20.3 Å². The molecular formula is C19H26N2O4. The Morgan fingerprint density at radius 3 is 2.36 bits per heavy atom. The predicted octanol–water partition coefficient (Wildman–Crippen LogP) is 2.80. The molecule has 0 aliphatic carbocycles. The minimum absolute atomic E-state index is 0.0313. The van der Waals surface area contributed by atoms with E-state index in [-0.39, 0.29) is 18.1 Å². The monoisotopic (exact) mass is 346 g/mol. The van der Waals surface area contributed by atoms with Gasteiger partial charge in [0.05, 0.1) is 18.2 Å². The fourth-order valence-electron chi connectivity index (χ4n) is 2.69. The minimum atomic E-state index is -0.544. The van der Waals surface area contributed by atoms with E-state index in [1.54, 1.807) is 14.0 Å². The van der Waals surface area contributed by atoms with Crippen molar-refractivity contribution < 1.29 is 19.1 Å². The topological polar surface area (TPSA) is 76.7 Å². The second-order valence-corrected chi connectivity index (χ2v) is 7.07. The number of carbonyl (C=O) groups excluding carboxylic acids is 2. The maximum absolute atomic E-state index is 12.5. The molecule has 0 saturated carbocycles. The van der Waals surface area contributed by atoms with Crippen molar-refractivity contribution in [1.82, 2.24) is 10.6 Å². The van der Waals surface area contributed by atoms with Gasteiger partial charge in [0.15, 0.2) is 0 Å². The predicted molar refractivity (Wildman–Crippen MR) is 95.1 cm³/mol. The van der Waals surface area contributed by atoms with Gasteiger partial charge < -0.3 is 20.1 Å². The van der Waals surface area contributed by atoms with E-state index < -0.39 is 12.0 Å². The molecule has 0 bridgehead atoms. The highest BCUT2D eigenvalue weighted by atomic mass is 16.6. The third-order valence-corrected chi connectivity index (χ3v) is 4.12. The first-order valence-electron chi connectivity index (χ1n) is 8.29. The molecule has 6 heteroatoms. The molecule has 0 unspecified atom stereocenters. The summed E-state index contributed by atoms with van der Waals surface area (Å²) in [6.45, 7) is 8.59. The number of benzene rings is 1. The first-order valence-corrected chi connectivity index (χ1v) is 8.29. The summed E-state index contributed by atoms with van der Waals surface area (Å²) < 4.78 is 10.1. The zero-order valence-electron chi connectivity index (χ0n) is 15.4. The molecule has 1 atom stereocenters. The number of amides is 2. The number of hydrogen-bond donors (Lipinski definition) is 2. The molecule has 0 fully saturated rings. The van der Waals surface area contributed by atoms with Gasteiger partial charge in [-0.05, 0) is 23.5 Å². The van der Waals surface area contributed by atoms with Crippen LogP contribution in [0.4, 0.5) is 4.79 Å². The van der Waals surface area contributed by atoms with Crippen LogP contribution < -0.4 is 10.6 Å². The highest BCUT2D eigenvalue weighted by molar-refractivity contribution is 5.95. The fraction of sp³-hybridized carbons (Fsp3) is 0.474. The van der Waals surface area contributed by atoms with Gasteiger partial charge in [-0.15, -0.1) is 0 Å². The molecule has 2 rings (SSSR count). The lowest BCUT2D eigenvalue weighted by Gasteiger charge is -2.28. The first kappa shape index (κ1) is 19.0. The molecular weight excluding hydrogens is 320 g/mol. The van der Waals surface area contributed by atoms with E-state index in [4.69, 9.17) is 9.47 Å². The van der Waals surface area contributed by atoms with Crippen LogP contribution in [0.3, 0.4) is 0 Å². The van der Waals surface area contributed by atoms with Crippen LogP contribution in [0.15, 0.2) is 35.5 Å². The van der Waals surface area contributed by atoms with Gasteiger partial charge in [-0.3, -0.25) is 0 Å². The highest BCUT2D eigenvalue weighted by Crippen LogP contribution is 2.30. The quantitative estimate of drug-likeness (QED) is 0.635. The number of esters is 1. The van der Waals surface area contributed by atoms with Crippen molar-refractivity contribution in [2.45, 2.75) is 39.2 Å². The van der Waals surface area contributed by atoms with Crippen molar-refractivity contribution in [3.05, 3.63) is 46.7 Å². The molecule has 0 spiro atoms. The number of carbonyl (C=O) groups is 2. The molecule has 1 heterocycles. The zero-order valence-corrected chi connectivity index (χ0v) is 15.4. The molecule has 2 amide bonds. The average molecular weight is 346 g/mol. The lowest BCUT2D eigenvalue weighted by molar-refractivity contribution is -0.140. The smallest absolute Gasteiger partial charge is 0.338 e. The van der Waals surface area contributed by atoms with Crippen LogP contribution in [0.2, 0.25) is 0 Å². The van der Waals surface area contributed by atoms with E-state index in [9.17, 15) is 9.59 Å². The van der Waals surface area contributed by atoms with Gasteiger partial charge in [0.1, 0.15) is 6.61 Å². The van der Waals surface area contributed by atoms with Crippen molar-refractivity contribution in [1.29, 1.82) is 0 Å². The number of ether oxygens (including phenoxy) is 2. The number of rotatable bonds is 5. The Balaban J connectivity index is 2.30. The summed E-state index contributed by atoms with van der Waals surface area (Å²) in [5, 5.41) is 5.44. The molecule has 136 valence electrons.